The first-order valence-corrected chi connectivity index (χ1v) is 3.91. The maximum Gasteiger partial charge on any atom is 0.150 e. The Hall–Kier alpha value is -0.900. The second kappa shape index (κ2) is 4.08. The molecule has 0 atom stereocenters. The van der Waals surface area contributed by atoms with Crippen LogP contribution in [-0.2, 0) is 6.42 Å². The lowest BCUT2D eigenvalue weighted by Crippen LogP contribution is -1.99. The molecule has 0 aromatic carbocycles. The van der Waals surface area contributed by atoms with E-state index in [1.165, 1.54) is 0 Å². The van der Waals surface area contributed by atoms with Crippen LogP contribution < -0.4 is 5.73 Å². The summed E-state index contributed by atoms with van der Waals surface area (Å²) >= 11 is 0. The molecule has 4 heteroatoms. The molecule has 3 N–H and O–H groups in total. The molecular weight excluding hydrogens is 140 g/mol. The van der Waals surface area contributed by atoms with E-state index in [9.17, 15) is 0 Å². The molecule has 1 aromatic rings. The Kier molecular flexibility index (Phi) is 3.04. The zero-order valence-corrected chi connectivity index (χ0v) is 6.80. The molecule has 0 aliphatic rings. The van der Waals surface area contributed by atoms with E-state index in [0.717, 1.165) is 37.5 Å². The Balaban J connectivity index is 2.27. The van der Waals surface area contributed by atoms with Crippen molar-refractivity contribution in [3.8, 4) is 0 Å². The van der Waals surface area contributed by atoms with Crippen molar-refractivity contribution in [3.05, 3.63) is 11.6 Å². The van der Waals surface area contributed by atoms with Crippen LogP contribution in [0.4, 0.5) is 0 Å². The summed E-state index contributed by atoms with van der Waals surface area (Å²) in [5.74, 6) is 1.78. The van der Waals surface area contributed by atoms with Crippen LogP contribution in [-0.4, -0.2) is 21.7 Å². The lowest BCUT2D eigenvalue weighted by atomic mass is 10.2. The van der Waals surface area contributed by atoms with Gasteiger partial charge in [-0.1, -0.05) is 0 Å². The van der Waals surface area contributed by atoms with Crippen molar-refractivity contribution >= 4 is 0 Å². The maximum absolute atomic E-state index is 5.35. The van der Waals surface area contributed by atoms with Gasteiger partial charge in [-0.3, -0.25) is 5.10 Å². The molecule has 0 saturated heterocycles. The Morgan fingerprint density at radius 2 is 2.27 bits per heavy atom. The van der Waals surface area contributed by atoms with E-state index in [1.807, 2.05) is 6.92 Å². The molecule has 1 rings (SSSR count). The van der Waals surface area contributed by atoms with Crippen LogP contribution in [0.25, 0.3) is 0 Å². The van der Waals surface area contributed by atoms with Gasteiger partial charge in [0.1, 0.15) is 5.82 Å². The molecule has 0 amide bonds. The first kappa shape index (κ1) is 8.20. The van der Waals surface area contributed by atoms with Crippen LogP contribution in [0.15, 0.2) is 0 Å². The van der Waals surface area contributed by atoms with Gasteiger partial charge in [-0.15, -0.1) is 0 Å². The van der Waals surface area contributed by atoms with E-state index in [-0.39, 0.29) is 0 Å². The summed E-state index contributed by atoms with van der Waals surface area (Å²) in [4.78, 5) is 4.18. The lowest BCUT2D eigenvalue weighted by Gasteiger charge is -1.91. The normalized spacial score (nSPS) is 10.4. The highest BCUT2D eigenvalue weighted by atomic mass is 15.2. The minimum Gasteiger partial charge on any atom is -0.330 e. The molecule has 0 aliphatic carbocycles. The van der Waals surface area contributed by atoms with E-state index in [1.54, 1.807) is 0 Å². The molecule has 0 unspecified atom stereocenters. The molecule has 0 radical (unpaired) electrons. The van der Waals surface area contributed by atoms with Gasteiger partial charge in [0.2, 0.25) is 0 Å². The predicted octanol–water partition coefficient (Wildman–Crippen LogP) is 0.395. The minimum absolute atomic E-state index is 0.753. The van der Waals surface area contributed by atoms with Crippen LogP contribution in [0.2, 0.25) is 0 Å². The van der Waals surface area contributed by atoms with Crippen molar-refractivity contribution in [2.24, 2.45) is 5.73 Å². The van der Waals surface area contributed by atoms with Gasteiger partial charge in [-0.2, -0.15) is 5.10 Å². The Labute approximate surface area is 66.2 Å². The maximum atomic E-state index is 5.35. The number of rotatable bonds is 4. The third kappa shape index (κ3) is 2.67. The number of nitrogens with two attached hydrogens (primary N) is 1. The highest BCUT2D eigenvalue weighted by Gasteiger charge is 1.97. The molecular formula is C7H14N4. The molecule has 4 nitrogen and oxygen atoms in total. The van der Waals surface area contributed by atoms with E-state index >= 15 is 0 Å². The van der Waals surface area contributed by atoms with Gasteiger partial charge in [0.15, 0.2) is 5.82 Å². The molecule has 1 aromatic heterocycles. The first-order chi connectivity index (χ1) is 5.33. The van der Waals surface area contributed by atoms with Crippen molar-refractivity contribution in [1.29, 1.82) is 0 Å². The van der Waals surface area contributed by atoms with Crippen LogP contribution in [0.1, 0.15) is 24.5 Å². The van der Waals surface area contributed by atoms with Gasteiger partial charge in [-0.25, -0.2) is 4.98 Å². The average molecular weight is 154 g/mol. The quantitative estimate of drug-likeness (QED) is 0.617. The van der Waals surface area contributed by atoms with E-state index < -0.39 is 0 Å². The molecule has 0 bridgehead atoms. The van der Waals surface area contributed by atoms with Gasteiger partial charge in [-0.05, 0) is 26.3 Å². The minimum atomic E-state index is 0.753. The zero-order valence-electron chi connectivity index (χ0n) is 6.80. The van der Waals surface area contributed by atoms with E-state index in [4.69, 9.17) is 5.73 Å². The van der Waals surface area contributed by atoms with Crippen LogP contribution in [0.5, 0.6) is 0 Å². The zero-order chi connectivity index (χ0) is 8.10. The van der Waals surface area contributed by atoms with Crippen LogP contribution in [0.3, 0.4) is 0 Å². The largest absolute Gasteiger partial charge is 0.330 e. The summed E-state index contributed by atoms with van der Waals surface area (Å²) < 4.78 is 0. The van der Waals surface area contributed by atoms with Gasteiger partial charge in [0.25, 0.3) is 0 Å². The van der Waals surface area contributed by atoms with E-state index in [2.05, 4.69) is 15.2 Å². The summed E-state index contributed by atoms with van der Waals surface area (Å²) in [6.45, 7) is 2.66. The number of hydrogen-bond acceptors (Lipinski definition) is 3. The molecule has 0 spiro atoms. The monoisotopic (exact) mass is 154 g/mol. The summed E-state index contributed by atoms with van der Waals surface area (Å²) in [7, 11) is 0. The van der Waals surface area contributed by atoms with E-state index in [0.29, 0.717) is 0 Å². The second-order valence-corrected chi connectivity index (χ2v) is 2.58. The molecule has 0 saturated carbocycles. The van der Waals surface area contributed by atoms with Gasteiger partial charge >= 0.3 is 0 Å². The summed E-state index contributed by atoms with van der Waals surface area (Å²) in [6, 6.07) is 0. The number of nitrogens with one attached hydrogen (secondary N) is 1. The van der Waals surface area contributed by atoms with Crippen molar-refractivity contribution < 1.29 is 0 Å². The fourth-order valence-corrected chi connectivity index (χ4v) is 0.928. The fraction of sp³-hybridized carbons (Fsp3) is 0.714. The number of aromatic amines is 1. The molecule has 62 valence electrons. The standard InChI is InChI=1S/C7H14N4/c1-6-9-7(11-10-6)4-2-3-5-8/h2-5,8H2,1H3,(H,9,10,11). The molecule has 1 heterocycles. The predicted molar refractivity (Wildman–Crippen MR) is 43.1 cm³/mol. The lowest BCUT2D eigenvalue weighted by molar-refractivity contribution is 0.718. The second-order valence-electron chi connectivity index (χ2n) is 2.58. The molecule has 0 aliphatic heterocycles. The fourth-order valence-electron chi connectivity index (χ4n) is 0.928. The van der Waals surface area contributed by atoms with Gasteiger partial charge < -0.3 is 5.73 Å². The number of hydrogen-bond donors (Lipinski definition) is 2. The average Bonchev–Trinajstić information content (AvgIpc) is 2.37. The third-order valence-corrected chi connectivity index (χ3v) is 1.50. The summed E-state index contributed by atoms with van der Waals surface area (Å²) in [5.41, 5.74) is 5.35. The van der Waals surface area contributed by atoms with Crippen molar-refractivity contribution in [3.63, 3.8) is 0 Å². The topological polar surface area (TPSA) is 67.6 Å². The first-order valence-electron chi connectivity index (χ1n) is 3.91. The van der Waals surface area contributed by atoms with Gasteiger partial charge in [0.05, 0.1) is 0 Å². The van der Waals surface area contributed by atoms with Gasteiger partial charge in [0, 0.05) is 6.42 Å². The Bertz CT molecular complexity index is 206. The van der Waals surface area contributed by atoms with Crippen molar-refractivity contribution in [2.45, 2.75) is 26.2 Å². The highest BCUT2D eigenvalue weighted by Crippen LogP contribution is 1.97. The summed E-state index contributed by atoms with van der Waals surface area (Å²) in [5, 5.41) is 6.81. The number of unbranched alkanes of at least 4 members (excludes halogenated alkanes) is 1. The Morgan fingerprint density at radius 3 is 2.82 bits per heavy atom. The molecule has 11 heavy (non-hydrogen) atoms. The van der Waals surface area contributed by atoms with Crippen molar-refractivity contribution in [2.75, 3.05) is 6.54 Å². The number of aromatic nitrogens is 3. The number of nitrogens with zero attached hydrogens (tertiary/aromatic N) is 2. The third-order valence-electron chi connectivity index (χ3n) is 1.50. The number of aryl methyl sites for hydroxylation is 2. The number of H-pyrrole nitrogens is 1. The smallest absolute Gasteiger partial charge is 0.150 e. The summed E-state index contributed by atoms with van der Waals surface area (Å²) in [6.07, 6.45) is 3.06. The van der Waals surface area contributed by atoms with Crippen molar-refractivity contribution in [1.82, 2.24) is 15.2 Å². The SMILES string of the molecule is Cc1nc(CCCCN)n[nH]1. The van der Waals surface area contributed by atoms with Crippen LogP contribution >= 0.6 is 0 Å². The highest BCUT2D eigenvalue weighted by molar-refractivity contribution is 4.87. The Morgan fingerprint density at radius 1 is 1.45 bits per heavy atom. The molecule has 0 fully saturated rings. The van der Waals surface area contributed by atoms with Crippen LogP contribution in [0, 0.1) is 6.92 Å².